The molecule has 0 N–H and O–H groups in total. The fraction of sp³-hybridized carbons (Fsp3) is 0.160. The van der Waals surface area contributed by atoms with E-state index in [0.717, 1.165) is 27.1 Å². The Kier molecular flexibility index (Phi) is 4.09. The fourth-order valence-electron chi connectivity index (χ4n) is 4.78. The SMILES string of the molecule is CN1C(=O)C(=Cc2cc3c([se]2)N2c4ccccc4Cc4cccc(c42)C3)C(=O)N(C)C1=O. The first-order chi connectivity index (χ1) is 15.4. The van der Waals surface area contributed by atoms with Crippen LogP contribution in [0.1, 0.15) is 26.7 Å². The minimum absolute atomic E-state index is 0.0415. The average molecular weight is 488 g/mol. The van der Waals surface area contributed by atoms with Crippen LogP contribution in [0, 0.1) is 0 Å². The number of amides is 4. The van der Waals surface area contributed by atoms with Crippen molar-refractivity contribution in [1.82, 2.24) is 9.80 Å². The Morgan fingerprint density at radius 2 is 1.44 bits per heavy atom. The van der Waals surface area contributed by atoms with Crippen molar-refractivity contribution in [3.05, 3.63) is 80.8 Å². The summed E-state index contributed by atoms with van der Waals surface area (Å²) in [5.41, 5.74) is 7.68. The van der Waals surface area contributed by atoms with Crippen LogP contribution in [0.4, 0.5) is 20.7 Å². The molecule has 0 unspecified atom stereocenters. The summed E-state index contributed by atoms with van der Waals surface area (Å²) >= 11 is -0.0727. The van der Waals surface area contributed by atoms with Gasteiger partial charge in [0.15, 0.2) is 0 Å². The van der Waals surface area contributed by atoms with Crippen molar-refractivity contribution in [2.45, 2.75) is 12.8 Å². The Bertz CT molecular complexity index is 1360. The summed E-state index contributed by atoms with van der Waals surface area (Å²) in [7, 11) is 2.81. The van der Waals surface area contributed by atoms with E-state index in [1.807, 2.05) is 0 Å². The quantitative estimate of drug-likeness (QED) is 0.206. The van der Waals surface area contributed by atoms with Gasteiger partial charge in [-0.2, -0.15) is 0 Å². The third kappa shape index (κ3) is 2.62. The number of likely N-dealkylation sites (N-methyl/N-ethyl adjacent to an activating group) is 2. The molecule has 158 valence electrons. The number of para-hydroxylation sites is 2. The summed E-state index contributed by atoms with van der Waals surface area (Å²) in [6.07, 6.45) is 3.45. The zero-order valence-electron chi connectivity index (χ0n) is 17.6. The monoisotopic (exact) mass is 489 g/mol. The molecule has 3 aliphatic rings. The normalized spacial score (nSPS) is 16.8. The predicted octanol–water partition coefficient (Wildman–Crippen LogP) is 3.46. The van der Waals surface area contributed by atoms with Gasteiger partial charge in [0, 0.05) is 0 Å². The second-order valence-corrected chi connectivity index (χ2v) is 10.5. The van der Waals surface area contributed by atoms with Crippen LogP contribution in [0.15, 0.2) is 54.1 Å². The molecule has 0 spiro atoms. The first kappa shape index (κ1) is 19.3. The first-order valence-corrected chi connectivity index (χ1v) is 12.1. The van der Waals surface area contributed by atoms with Gasteiger partial charge in [-0.1, -0.05) is 0 Å². The molecule has 32 heavy (non-hydrogen) atoms. The molecular formula is C25H19N3O3Se. The van der Waals surface area contributed by atoms with Crippen molar-refractivity contribution < 1.29 is 14.4 Å². The Labute approximate surface area is 191 Å². The molecule has 3 aliphatic heterocycles. The molecule has 0 atom stereocenters. The molecule has 4 heterocycles. The van der Waals surface area contributed by atoms with E-state index < -0.39 is 17.8 Å². The summed E-state index contributed by atoms with van der Waals surface area (Å²) in [6.45, 7) is 0. The number of benzene rings is 2. The number of anilines is 3. The number of hydrogen-bond acceptors (Lipinski definition) is 4. The third-order valence-electron chi connectivity index (χ3n) is 6.36. The number of hydrogen-bond donors (Lipinski definition) is 0. The van der Waals surface area contributed by atoms with Gasteiger partial charge in [-0.25, -0.2) is 0 Å². The number of nitrogens with zero attached hydrogens (tertiary/aromatic N) is 3. The maximum atomic E-state index is 12.7. The van der Waals surface area contributed by atoms with E-state index in [0.29, 0.717) is 0 Å². The molecule has 4 amide bonds. The van der Waals surface area contributed by atoms with Crippen LogP contribution in [0.2, 0.25) is 0 Å². The summed E-state index contributed by atoms with van der Waals surface area (Å²) in [6, 6.07) is 16.5. The van der Waals surface area contributed by atoms with Crippen LogP contribution in [0.5, 0.6) is 0 Å². The van der Waals surface area contributed by atoms with Crippen LogP contribution in [0.25, 0.3) is 6.08 Å². The number of carbonyl (C=O) groups excluding carboxylic acids is 3. The van der Waals surface area contributed by atoms with Gasteiger partial charge in [-0.05, 0) is 0 Å². The Balaban J connectivity index is 1.49. The molecular weight excluding hydrogens is 469 g/mol. The molecule has 6 rings (SSSR count). The summed E-state index contributed by atoms with van der Waals surface area (Å²) in [4.78, 5) is 41.7. The predicted molar refractivity (Wildman–Crippen MR) is 123 cm³/mol. The van der Waals surface area contributed by atoms with E-state index in [2.05, 4.69) is 53.4 Å². The molecule has 1 fully saturated rings. The zero-order valence-corrected chi connectivity index (χ0v) is 19.3. The van der Waals surface area contributed by atoms with Crippen LogP contribution < -0.4 is 4.90 Å². The van der Waals surface area contributed by atoms with Crippen molar-refractivity contribution in [3.63, 3.8) is 0 Å². The van der Waals surface area contributed by atoms with Crippen molar-refractivity contribution in [3.8, 4) is 0 Å². The topological polar surface area (TPSA) is 60.9 Å². The number of imide groups is 2. The zero-order chi connectivity index (χ0) is 22.1. The number of carbonyl (C=O) groups is 3. The van der Waals surface area contributed by atoms with E-state index in [1.54, 1.807) is 6.08 Å². The fourth-order valence-corrected chi connectivity index (χ4v) is 7.18. The Morgan fingerprint density at radius 3 is 2.16 bits per heavy atom. The third-order valence-corrected chi connectivity index (χ3v) is 8.69. The summed E-state index contributed by atoms with van der Waals surface area (Å²) in [5.74, 6) is -1.10. The van der Waals surface area contributed by atoms with Crippen molar-refractivity contribution >= 4 is 54.4 Å². The van der Waals surface area contributed by atoms with Crippen molar-refractivity contribution in [1.29, 1.82) is 0 Å². The number of urea groups is 1. The van der Waals surface area contributed by atoms with E-state index in [9.17, 15) is 14.4 Å². The molecule has 0 bridgehead atoms. The van der Waals surface area contributed by atoms with Crippen LogP contribution in [-0.4, -0.2) is 56.2 Å². The van der Waals surface area contributed by atoms with Crippen molar-refractivity contribution in [2.75, 3.05) is 19.0 Å². The molecule has 2 aromatic carbocycles. The van der Waals surface area contributed by atoms with Gasteiger partial charge in [0.2, 0.25) is 0 Å². The molecule has 0 aliphatic carbocycles. The average Bonchev–Trinajstić information content (AvgIpc) is 3.21. The van der Waals surface area contributed by atoms with E-state index in [4.69, 9.17) is 0 Å². The van der Waals surface area contributed by atoms with E-state index >= 15 is 0 Å². The summed E-state index contributed by atoms with van der Waals surface area (Å²) < 4.78 is 2.22. The molecule has 0 radical (unpaired) electrons. The Morgan fingerprint density at radius 1 is 0.812 bits per heavy atom. The first-order valence-electron chi connectivity index (χ1n) is 10.4. The maximum absolute atomic E-state index is 12.7. The Hall–Kier alpha value is -3.41. The standard InChI is InChI=1S/C25H19N3O3Se/c1-26-22(29)19(23(30)27(2)25(26)31)13-18-12-17-11-16-8-5-7-15-10-14-6-3-4-9-20(14)28(21(15)16)24(17)32-18/h3-9,12-13H,10-11H2,1-2H3. The molecule has 1 aromatic heterocycles. The molecule has 3 aromatic rings. The van der Waals surface area contributed by atoms with E-state index in [1.165, 1.54) is 52.3 Å². The number of rotatable bonds is 1. The minimum atomic E-state index is -0.603. The van der Waals surface area contributed by atoms with Gasteiger partial charge >= 0.3 is 191 Å². The van der Waals surface area contributed by atoms with Gasteiger partial charge in [-0.3, -0.25) is 0 Å². The van der Waals surface area contributed by atoms with Gasteiger partial charge in [0.1, 0.15) is 0 Å². The van der Waals surface area contributed by atoms with Gasteiger partial charge in [0.05, 0.1) is 0 Å². The molecule has 6 nitrogen and oxygen atoms in total. The molecule has 0 saturated carbocycles. The number of fused-ring (bicyclic) bond motifs is 4. The second-order valence-electron chi connectivity index (χ2n) is 8.29. The van der Waals surface area contributed by atoms with Crippen molar-refractivity contribution in [2.24, 2.45) is 0 Å². The molecule has 1 saturated heterocycles. The van der Waals surface area contributed by atoms with Gasteiger partial charge in [0.25, 0.3) is 0 Å². The van der Waals surface area contributed by atoms with Crippen LogP contribution in [-0.2, 0) is 22.4 Å². The number of barbiturate groups is 1. The van der Waals surface area contributed by atoms with Crippen LogP contribution >= 0.6 is 0 Å². The second kappa shape index (κ2) is 6.79. The van der Waals surface area contributed by atoms with Gasteiger partial charge < -0.3 is 0 Å². The summed E-state index contributed by atoms with van der Waals surface area (Å²) in [5, 5.41) is 0. The van der Waals surface area contributed by atoms with E-state index in [-0.39, 0.29) is 20.1 Å². The molecule has 7 heteroatoms. The van der Waals surface area contributed by atoms with Crippen LogP contribution in [0.3, 0.4) is 0 Å². The van der Waals surface area contributed by atoms with Gasteiger partial charge in [-0.15, -0.1) is 0 Å².